The zero-order chi connectivity index (χ0) is 18.3. The number of benzene rings is 1. The van der Waals surface area contributed by atoms with E-state index in [2.05, 4.69) is 15.4 Å². The molecule has 0 amide bonds. The van der Waals surface area contributed by atoms with Crippen LogP contribution in [0.4, 0.5) is 0 Å². The predicted molar refractivity (Wildman–Crippen MR) is 89.9 cm³/mol. The van der Waals surface area contributed by atoms with E-state index in [-0.39, 0.29) is 17.0 Å². The van der Waals surface area contributed by atoms with E-state index < -0.39 is 28.3 Å². The molecule has 0 unspecified atom stereocenters. The third-order valence-corrected chi connectivity index (χ3v) is 5.89. The fourth-order valence-electron chi connectivity index (χ4n) is 3.40. The van der Waals surface area contributed by atoms with Gasteiger partial charge in [0.1, 0.15) is 24.8 Å². The first-order valence-electron chi connectivity index (χ1n) is 8.25. The highest BCUT2D eigenvalue weighted by Crippen LogP contribution is 2.35. The van der Waals surface area contributed by atoms with Crippen molar-refractivity contribution in [1.82, 2.24) is 20.1 Å². The van der Waals surface area contributed by atoms with Crippen LogP contribution in [0.1, 0.15) is 11.6 Å². The maximum Gasteiger partial charge on any atom is 0.183 e. The average molecular weight is 380 g/mol. The molecule has 2 aromatic rings. The lowest BCUT2D eigenvalue weighted by atomic mass is 9.96. The van der Waals surface area contributed by atoms with Crippen LogP contribution in [0.5, 0.6) is 0 Å². The molecule has 5 atom stereocenters. The summed E-state index contributed by atoms with van der Waals surface area (Å²) in [6.07, 6.45) is 2.53. The highest BCUT2D eigenvalue weighted by molar-refractivity contribution is 7.90. The number of rotatable bonds is 5. The SMILES string of the molecule is CS(=O)(=O)c1ccc(CN[C@H]2[C@H](O)[C@@H](n3cncn3)[C@@H]3OC[C@H]2O3)cc1. The van der Waals surface area contributed by atoms with E-state index in [1.54, 1.807) is 28.9 Å². The molecule has 0 spiro atoms. The summed E-state index contributed by atoms with van der Waals surface area (Å²) < 4.78 is 36.1. The number of hydrogen-bond donors (Lipinski definition) is 2. The van der Waals surface area contributed by atoms with E-state index in [1.165, 1.54) is 18.9 Å². The Hall–Kier alpha value is -1.85. The van der Waals surface area contributed by atoms with Crippen LogP contribution in [-0.4, -0.2) is 65.7 Å². The van der Waals surface area contributed by atoms with Crippen molar-refractivity contribution in [3.8, 4) is 0 Å². The number of nitrogens with zero attached hydrogens (tertiary/aromatic N) is 3. The van der Waals surface area contributed by atoms with E-state index in [9.17, 15) is 13.5 Å². The standard InChI is InChI=1S/C16H20N4O5S/c1-26(22,23)11-4-2-10(3-5-11)6-18-13-12-7-24-16(25-12)14(15(13)21)20-9-17-8-19-20/h2-5,8-9,12-16,18,21H,6-7H2,1H3/t12-,13-,14-,15+,16-/m1/s1. The van der Waals surface area contributed by atoms with Gasteiger partial charge in [-0.1, -0.05) is 12.1 Å². The van der Waals surface area contributed by atoms with Gasteiger partial charge in [0.2, 0.25) is 0 Å². The lowest BCUT2D eigenvalue weighted by Gasteiger charge is -2.38. The second-order valence-corrected chi connectivity index (χ2v) is 8.57. The zero-order valence-corrected chi connectivity index (χ0v) is 14.9. The minimum atomic E-state index is -3.22. The van der Waals surface area contributed by atoms with E-state index in [0.29, 0.717) is 13.2 Å². The van der Waals surface area contributed by atoms with Crippen molar-refractivity contribution >= 4 is 9.84 Å². The van der Waals surface area contributed by atoms with Crippen molar-refractivity contribution in [1.29, 1.82) is 0 Å². The van der Waals surface area contributed by atoms with Gasteiger partial charge in [0, 0.05) is 12.8 Å². The van der Waals surface area contributed by atoms with Crippen LogP contribution in [0.25, 0.3) is 0 Å². The second-order valence-electron chi connectivity index (χ2n) is 6.56. The van der Waals surface area contributed by atoms with Crippen molar-refractivity contribution in [2.24, 2.45) is 0 Å². The van der Waals surface area contributed by atoms with E-state index in [0.717, 1.165) is 5.56 Å². The minimum Gasteiger partial charge on any atom is -0.389 e. The van der Waals surface area contributed by atoms with Crippen LogP contribution >= 0.6 is 0 Å². The number of hydrogen-bond acceptors (Lipinski definition) is 8. The smallest absolute Gasteiger partial charge is 0.183 e. The van der Waals surface area contributed by atoms with Crippen molar-refractivity contribution in [3.05, 3.63) is 42.5 Å². The normalized spacial score (nSPS) is 31.2. The molecule has 2 bridgehead atoms. The first kappa shape index (κ1) is 17.6. The van der Waals surface area contributed by atoms with Crippen LogP contribution < -0.4 is 5.32 Å². The summed E-state index contributed by atoms with van der Waals surface area (Å²) in [7, 11) is -3.22. The molecule has 10 heteroatoms. The highest BCUT2D eigenvalue weighted by atomic mass is 32.2. The zero-order valence-electron chi connectivity index (χ0n) is 14.1. The molecule has 1 aromatic heterocycles. The number of nitrogens with one attached hydrogen (secondary N) is 1. The molecule has 2 aliphatic heterocycles. The van der Waals surface area contributed by atoms with Crippen molar-refractivity contribution in [2.45, 2.75) is 42.0 Å². The number of ether oxygens (including phenoxy) is 2. The fourth-order valence-corrected chi connectivity index (χ4v) is 4.03. The third-order valence-electron chi connectivity index (χ3n) is 4.77. The molecule has 26 heavy (non-hydrogen) atoms. The number of aliphatic hydroxyl groups is 1. The summed E-state index contributed by atoms with van der Waals surface area (Å²) in [5, 5.41) is 18.2. The summed E-state index contributed by atoms with van der Waals surface area (Å²) in [6, 6.07) is 5.82. The van der Waals surface area contributed by atoms with Gasteiger partial charge in [-0.3, -0.25) is 0 Å². The second kappa shape index (κ2) is 6.71. The van der Waals surface area contributed by atoms with Crippen LogP contribution in [-0.2, 0) is 25.9 Å². The summed E-state index contributed by atoms with van der Waals surface area (Å²) >= 11 is 0. The highest BCUT2D eigenvalue weighted by Gasteiger charge is 2.51. The molecule has 2 aliphatic rings. The van der Waals surface area contributed by atoms with Gasteiger partial charge in [-0.15, -0.1) is 0 Å². The number of aliphatic hydroxyl groups excluding tert-OH is 1. The van der Waals surface area contributed by atoms with Crippen molar-refractivity contribution < 1.29 is 23.0 Å². The molecule has 2 saturated heterocycles. The van der Waals surface area contributed by atoms with Gasteiger partial charge < -0.3 is 19.9 Å². The van der Waals surface area contributed by atoms with Gasteiger partial charge in [-0.25, -0.2) is 18.1 Å². The number of sulfone groups is 1. The van der Waals surface area contributed by atoms with Crippen LogP contribution in [0, 0.1) is 0 Å². The lowest BCUT2D eigenvalue weighted by molar-refractivity contribution is -0.168. The Bertz CT molecular complexity index is 855. The Kier molecular flexibility index (Phi) is 4.53. The van der Waals surface area contributed by atoms with Gasteiger partial charge in [0.15, 0.2) is 16.1 Å². The first-order chi connectivity index (χ1) is 12.4. The molecule has 2 fully saturated rings. The van der Waals surface area contributed by atoms with Crippen molar-refractivity contribution in [2.75, 3.05) is 12.9 Å². The Balaban J connectivity index is 1.47. The molecule has 3 heterocycles. The Morgan fingerprint density at radius 2 is 2.12 bits per heavy atom. The fraction of sp³-hybridized carbons (Fsp3) is 0.500. The lowest BCUT2D eigenvalue weighted by Crippen LogP contribution is -2.57. The summed E-state index contributed by atoms with van der Waals surface area (Å²) in [5.41, 5.74) is 0.906. The molecule has 0 aliphatic carbocycles. The monoisotopic (exact) mass is 380 g/mol. The molecular weight excluding hydrogens is 360 g/mol. The molecule has 2 N–H and O–H groups in total. The first-order valence-corrected chi connectivity index (χ1v) is 10.1. The van der Waals surface area contributed by atoms with Gasteiger partial charge in [0.25, 0.3) is 0 Å². The van der Waals surface area contributed by atoms with Gasteiger partial charge in [0.05, 0.1) is 23.6 Å². The Morgan fingerprint density at radius 3 is 2.77 bits per heavy atom. The molecule has 4 rings (SSSR count). The summed E-state index contributed by atoms with van der Waals surface area (Å²) in [6.45, 7) is 0.845. The van der Waals surface area contributed by atoms with E-state index >= 15 is 0 Å². The van der Waals surface area contributed by atoms with Crippen LogP contribution in [0.3, 0.4) is 0 Å². The van der Waals surface area contributed by atoms with Gasteiger partial charge in [-0.2, -0.15) is 5.10 Å². The Morgan fingerprint density at radius 1 is 1.35 bits per heavy atom. The molecular formula is C16H20N4O5S. The third kappa shape index (κ3) is 3.26. The van der Waals surface area contributed by atoms with Crippen LogP contribution in [0.15, 0.2) is 41.8 Å². The average Bonchev–Trinajstić information content (AvgIpc) is 3.26. The number of fused-ring (bicyclic) bond motifs is 2. The number of aromatic nitrogens is 3. The molecule has 0 radical (unpaired) electrons. The topological polar surface area (TPSA) is 116 Å². The van der Waals surface area contributed by atoms with E-state index in [1.807, 2.05) is 0 Å². The largest absolute Gasteiger partial charge is 0.389 e. The minimum absolute atomic E-state index is 0.259. The van der Waals surface area contributed by atoms with Crippen LogP contribution in [0.2, 0.25) is 0 Å². The molecule has 1 aromatic carbocycles. The quantitative estimate of drug-likeness (QED) is 0.713. The summed E-state index contributed by atoms with van der Waals surface area (Å²) in [4.78, 5) is 4.20. The maximum absolute atomic E-state index is 11.5. The molecule has 9 nitrogen and oxygen atoms in total. The predicted octanol–water partition coefficient (Wildman–Crippen LogP) is -0.503. The molecule has 0 saturated carbocycles. The van der Waals surface area contributed by atoms with E-state index in [4.69, 9.17) is 9.47 Å². The maximum atomic E-state index is 11.5. The van der Waals surface area contributed by atoms with Gasteiger partial charge in [-0.05, 0) is 17.7 Å². The Labute approximate surface area is 150 Å². The van der Waals surface area contributed by atoms with Gasteiger partial charge >= 0.3 is 0 Å². The summed E-state index contributed by atoms with van der Waals surface area (Å²) in [5.74, 6) is 0. The van der Waals surface area contributed by atoms with Crippen molar-refractivity contribution in [3.63, 3.8) is 0 Å². The molecule has 140 valence electrons.